The van der Waals surface area contributed by atoms with Gasteiger partial charge in [0.05, 0.1) is 4.92 Å². The third-order valence-corrected chi connectivity index (χ3v) is 3.49. The standard InChI is InChI=1S/C17H13N3O4/c1-11-15(16(19-24-11)12-7-3-2-4-8-12)17(21)18-13-9-5-6-10-14(13)20(22)23/h2-10H,1H3,(H,18,21). The molecule has 3 rings (SSSR count). The van der Waals surface area contributed by atoms with Crippen LogP contribution in [0.1, 0.15) is 16.1 Å². The summed E-state index contributed by atoms with van der Waals surface area (Å²) in [6.07, 6.45) is 0. The van der Waals surface area contributed by atoms with Crippen molar-refractivity contribution in [1.29, 1.82) is 0 Å². The van der Waals surface area contributed by atoms with E-state index in [1.807, 2.05) is 18.2 Å². The number of aryl methyl sites for hydroxylation is 1. The maximum atomic E-state index is 12.6. The highest BCUT2D eigenvalue weighted by Crippen LogP contribution is 2.28. The monoisotopic (exact) mass is 323 g/mol. The van der Waals surface area contributed by atoms with Crippen LogP contribution in [-0.2, 0) is 0 Å². The molecule has 7 nitrogen and oxygen atoms in total. The van der Waals surface area contributed by atoms with Gasteiger partial charge in [0.15, 0.2) is 0 Å². The van der Waals surface area contributed by atoms with E-state index in [9.17, 15) is 14.9 Å². The predicted octanol–water partition coefficient (Wildman–Crippen LogP) is 3.81. The molecule has 0 spiro atoms. The molecule has 0 aliphatic rings. The quantitative estimate of drug-likeness (QED) is 0.581. The highest BCUT2D eigenvalue weighted by molar-refractivity contribution is 6.09. The Hall–Kier alpha value is -3.48. The number of carbonyl (C=O) groups is 1. The average Bonchev–Trinajstić information content (AvgIpc) is 2.97. The van der Waals surface area contributed by atoms with Crippen LogP contribution < -0.4 is 5.32 Å². The van der Waals surface area contributed by atoms with Crippen molar-refractivity contribution in [2.24, 2.45) is 0 Å². The van der Waals surface area contributed by atoms with Gasteiger partial charge in [-0.15, -0.1) is 0 Å². The second kappa shape index (κ2) is 6.33. The van der Waals surface area contributed by atoms with Crippen LogP contribution in [0.25, 0.3) is 11.3 Å². The van der Waals surface area contributed by atoms with E-state index >= 15 is 0 Å². The molecule has 0 fully saturated rings. The minimum absolute atomic E-state index is 0.118. The van der Waals surface area contributed by atoms with Gasteiger partial charge in [-0.3, -0.25) is 14.9 Å². The van der Waals surface area contributed by atoms with Gasteiger partial charge in [0.1, 0.15) is 22.7 Å². The molecule has 2 aromatic carbocycles. The number of anilines is 1. The summed E-state index contributed by atoms with van der Waals surface area (Å²) in [4.78, 5) is 23.2. The largest absolute Gasteiger partial charge is 0.360 e. The zero-order valence-electron chi connectivity index (χ0n) is 12.7. The lowest BCUT2D eigenvalue weighted by atomic mass is 10.1. The number of rotatable bonds is 4. The summed E-state index contributed by atoms with van der Waals surface area (Å²) >= 11 is 0. The van der Waals surface area contributed by atoms with E-state index in [1.54, 1.807) is 25.1 Å². The number of para-hydroxylation sites is 2. The first-order chi connectivity index (χ1) is 11.6. The van der Waals surface area contributed by atoms with Crippen molar-refractivity contribution in [2.75, 3.05) is 5.32 Å². The molecule has 1 N–H and O–H groups in total. The first kappa shape index (κ1) is 15.4. The van der Waals surface area contributed by atoms with Gasteiger partial charge >= 0.3 is 0 Å². The van der Waals surface area contributed by atoms with E-state index in [-0.39, 0.29) is 16.9 Å². The van der Waals surface area contributed by atoms with Crippen LogP contribution in [0, 0.1) is 17.0 Å². The predicted molar refractivity (Wildman–Crippen MR) is 87.7 cm³/mol. The molecular formula is C17H13N3O4. The van der Waals surface area contributed by atoms with E-state index in [0.29, 0.717) is 11.5 Å². The topological polar surface area (TPSA) is 98.3 Å². The van der Waals surface area contributed by atoms with E-state index in [1.165, 1.54) is 18.2 Å². The first-order valence-corrected chi connectivity index (χ1v) is 7.14. The molecule has 1 aromatic heterocycles. The lowest BCUT2D eigenvalue weighted by Crippen LogP contribution is -2.14. The van der Waals surface area contributed by atoms with Crippen LogP contribution in [0.5, 0.6) is 0 Å². The van der Waals surface area contributed by atoms with Gasteiger partial charge in [0.25, 0.3) is 11.6 Å². The average molecular weight is 323 g/mol. The van der Waals surface area contributed by atoms with Crippen molar-refractivity contribution < 1.29 is 14.2 Å². The number of benzene rings is 2. The van der Waals surface area contributed by atoms with Gasteiger partial charge in [-0.2, -0.15) is 0 Å². The molecule has 3 aromatic rings. The van der Waals surface area contributed by atoms with Crippen molar-refractivity contribution in [2.45, 2.75) is 6.92 Å². The second-order valence-electron chi connectivity index (χ2n) is 5.06. The summed E-state index contributed by atoms with van der Waals surface area (Å²) in [6.45, 7) is 1.62. The van der Waals surface area contributed by atoms with E-state index in [0.717, 1.165) is 5.56 Å². The fourth-order valence-corrected chi connectivity index (χ4v) is 2.36. The van der Waals surface area contributed by atoms with Crippen molar-refractivity contribution in [3.63, 3.8) is 0 Å². The number of nitro groups is 1. The molecule has 0 aliphatic carbocycles. The molecule has 24 heavy (non-hydrogen) atoms. The molecule has 0 aliphatic heterocycles. The Labute approximate surface area is 137 Å². The zero-order valence-corrected chi connectivity index (χ0v) is 12.7. The summed E-state index contributed by atoms with van der Waals surface area (Å²) in [7, 11) is 0. The minimum Gasteiger partial charge on any atom is -0.360 e. The first-order valence-electron chi connectivity index (χ1n) is 7.14. The molecule has 0 bridgehead atoms. The Morgan fingerprint density at radius 1 is 1.12 bits per heavy atom. The highest BCUT2D eigenvalue weighted by Gasteiger charge is 2.23. The molecule has 7 heteroatoms. The Morgan fingerprint density at radius 2 is 1.79 bits per heavy atom. The molecular weight excluding hydrogens is 310 g/mol. The third kappa shape index (κ3) is 2.87. The van der Waals surface area contributed by atoms with Gasteiger partial charge in [-0.1, -0.05) is 47.6 Å². The number of nitrogens with zero attached hydrogens (tertiary/aromatic N) is 2. The minimum atomic E-state index is -0.547. The van der Waals surface area contributed by atoms with Crippen molar-refractivity contribution in [1.82, 2.24) is 5.16 Å². The highest BCUT2D eigenvalue weighted by atomic mass is 16.6. The maximum absolute atomic E-state index is 12.6. The fourth-order valence-electron chi connectivity index (χ4n) is 2.36. The van der Waals surface area contributed by atoms with Crippen LogP contribution in [0.4, 0.5) is 11.4 Å². The SMILES string of the molecule is Cc1onc(-c2ccccc2)c1C(=O)Nc1ccccc1[N+](=O)[O-]. The summed E-state index contributed by atoms with van der Waals surface area (Å²) in [5, 5.41) is 17.6. The van der Waals surface area contributed by atoms with Gasteiger partial charge in [0, 0.05) is 11.6 Å². The maximum Gasteiger partial charge on any atom is 0.292 e. The number of nitrogens with one attached hydrogen (secondary N) is 1. The lowest BCUT2D eigenvalue weighted by Gasteiger charge is -2.06. The number of amides is 1. The van der Waals surface area contributed by atoms with Crippen molar-refractivity contribution >= 4 is 17.3 Å². The summed E-state index contributed by atoms with van der Waals surface area (Å²) in [5.74, 6) is -0.174. The lowest BCUT2D eigenvalue weighted by molar-refractivity contribution is -0.383. The molecule has 120 valence electrons. The van der Waals surface area contributed by atoms with Gasteiger partial charge in [-0.25, -0.2) is 0 Å². The van der Waals surface area contributed by atoms with Crippen molar-refractivity contribution in [3.8, 4) is 11.3 Å². The van der Waals surface area contributed by atoms with E-state index in [4.69, 9.17) is 4.52 Å². The Morgan fingerprint density at radius 3 is 2.50 bits per heavy atom. The van der Waals surface area contributed by atoms with E-state index in [2.05, 4.69) is 10.5 Å². The fraction of sp³-hybridized carbons (Fsp3) is 0.0588. The molecule has 1 amide bonds. The van der Waals surface area contributed by atoms with Gasteiger partial charge in [-0.05, 0) is 13.0 Å². The Balaban J connectivity index is 1.98. The zero-order chi connectivity index (χ0) is 17.1. The Kier molecular flexibility index (Phi) is 4.07. The summed E-state index contributed by atoms with van der Waals surface area (Å²) in [5.41, 5.74) is 1.30. The van der Waals surface area contributed by atoms with Crippen LogP contribution in [0.2, 0.25) is 0 Å². The number of aromatic nitrogens is 1. The Bertz CT molecular complexity index is 903. The molecule has 0 atom stereocenters. The van der Waals surface area contributed by atoms with Crippen LogP contribution in [-0.4, -0.2) is 16.0 Å². The molecule has 0 saturated carbocycles. The van der Waals surface area contributed by atoms with E-state index < -0.39 is 10.8 Å². The van der Waals surface area contributed by atoms with Crippen molar-refractivity contribution in [3.05, 3.63) is 76.0 Å². The van der Waals surface area contributed by atoms with Gasteiger partial charge < -0.3 is 9.84 Å². The third-order valence-electron chi connectivity index (χ3n) is 3.49. The second-order valence-corrected chi connectivity index (χ2v) is 5.06. The number of carbonyl (C=O) groups excluding carboxylic acids is 1. The summed E-state index contributed by atoms with van der Waals surface area (Å²) in [6, 6.07) is 15.1. The smallest absolute Gasteiger partial charge is 0.292 e. The molecule has 0 unspecified atom stereocenters. The van der Waals surface area contributed by atoms with Crippen LogP contribution in [0.15, 0.2) is 59.1 Å². The number of hydrogen-bond acceptors (Lipinski definition) is 5. The molecule has 0 saturated heterocycles. The van der Waals surface area contributed by atoms with Gasteiger partial charge in [0.2, 0.25) is 0 Å². The molecule has 0 radical (unpaired) electrons. The number of hydrogen-bond donors (Lipinski definition) is 1. The van der Waals surface area contributed by atoms with Crippen LogP contribution >= 0.6 is 0 Å². The number of nitro benzene ring substituents is 1. The normalized spacial score (nSPS) is 10.4. The summed E-state index contributed by atoms with van der Waals surface area (Å²) < 4.78 is 5.14. The van der Waals surface area contributed by atoms with Crippen LogP contribution in [0.3, 0.4) is 0 Å². The molecule has 1 heterocycles.